The van der Waals surface area contributed by atoms with Crippen LogP contribution in [-0.2, 0) is 0 Å². The molecule has 2 aromatic heterocycles. The lowest BCUT2D eigenvalue weighted by molar-refractivity contribution is 0.588. The van der Waals surface area contributed by atoms with Gasteiger partial charge in [-0.05, 0) is 60.7 Å². The molecule has 0 aliphatic carbocycles. The normalized spacial score (nSPS) is 12.9. The molecule has 0 amide bonds. The second kappa shape index (κ2) is 6.26. The van der Waals surface area contributed by atoms with E-state index in [0.717, 1.165) is 24.1 Å². The summed E-state index contributed by atoms with van der Waals surface area (Å²) in [6, 6.07) is 9.52. The molecule has 4 heteroatoms. The molecule has 21 heavy (non-hydrogen) atoms. The number of benzene rings is 1. The molecule has 1 nitrogen and oxygen atoms in total. The Labute approximate surface area is 132 Å². The van der Waals surface area contributed by atoms with Gasteiger partial charge in [-0.3, -0.25) is 0 Å². The summed E-state index contributed by atoms with van der Waals surface area (Å²) in [7, 11) is 0. The van der Waals surface area contributed by atoms with Crippen molar-refractivity contribution in [1.29, 1.82) is 0 Å². The van der Waals surface area contributed by atoms with Crippen LogP contribution in [0.3, 0.4) is 0 Å². The Hall–Kier alpha value is -1.23. The fraction of sp³-hybridized carbons (Fsp3) is 0.294. The highest BCUT2D eigenvalue weighted by Gasteiger charge is 2.19. The van der Waals surface area contributed by atoms with Gasteiger partial charge in [-0.15, -0.1) is 22.7 Å². The smallest absolute Gasteiger partial charge is 0.123 e. The summed E-state index contributed by atoms with van der Waals surface area (Å²) in [5.41, 5.74) is 2.17. The first-order valence-electron chi connectivity index (χ1n) is 7.15. The van der Waals surface area contributed by atoms with Crippen molar-refractivity contribution in [3.05, 3.63) is 57.5 Å². The van der Waals surface area contributed by atoms with Crippen molar-refractivity contribution in [2.75, 3.05) is 6.54 Å². The van der Waals surface area contributed by atoms with E-state index in [0.29, 0.717) is 0 Å². The van der Waals surface area contributed by atoms with Crippen LogP contribution < -0.4 is 5.32 Å². The average molecular weight is 319 g/mol. The van der Waals surface area contributed by atoms with Gasteiger partial charge in [0.1, 0.15) is 5.82 Å². The van der Waals surface area contributed by atoms with Crippen molar-refractivity contribution in [1.82, 2.24) is 5.32 Å². The summed E-state index contributed by atoms with van der Waals surface area (Å²) in [6.07, 6.45) is 1.06. The number of nitrogens with one attached hydrogen (secondary N) is 1. The first-order valence-corrected chi connectivity index (χ1v) is 8.85. The van der Waals surface area contributed by atoms with E-state index in [1.54, 1.807) is 28.7 Å². The summed E-state index contributed by atoms with van der Waals surface area (Å²) in [5.74, 6) is -0.169. The molecule has 3 aromatic rings. The van der Waals surface area contributed by atoms with Gasteiger partial charge in [0.25, 0.3) is 0 Å². The molecular formula is C17H18FNS2. The molecule has 3 rings (SSSR count). The third kappa shape index (κ3) is 3.03. The van der Waals surface area contributed by atoms with E-state index in [1.807, 2.05) is 13.0 Å². The van der Waals surface area contributed by atoms with Crippen LogP contribution in [0.5, 0.6) is 0 Å². The standard InChI is InChI=1S/C17H18FNS2/c1-3-7-19-17(13-9-12(18)5-4-11(13)2)16-10-15-14(21-16)6-8-20-15/h4-6,8-10,17,19H,3,7H2,1-2H3. The topological polar surface area (TPSA) is 12.0 Å². The van der Waals surface area contributed by atoms with Gasteiger partial charge in [0.2, 0.25) is 0 Å². The third-order valence-electron chi connectivity index (χ3n) is 3.59. The van der Waals surface area contributed by atoms with Crippen LogP contribution >= 0.6 is 22.7 Å². The number of thiophene rings is 2. The molecule has 0 spiro atoms. The minimum Gasteiger partial charge on any atom is -0.306 e. The summed E-state index contributed by atoms with van der Waals surface area (Å²) < 4.78 is 16.3. The molecule has 0 fully saturated rings. The van der Waals surface area contributed by atoms with Crippen molar-refractivity contribution < 1.29 is 4.39 Å². The Morgan fingerprint density at radius 1 is 1.19 bits per heavy atom. The Morgan fingerprint density at radius 2 is 2.05 bits per heavy atom. The molecule has 0 aliphatic rings. The first-order chi connectivity index (χ1) is 10.2. The maximum absolute atomic E-state index is 13.7. The highest BCUT2D eigenvalue weighted by molar-refractivity contribution is 7.27. The van der Waals surface area contributed by atoms with E-state index in [-0.39, 0.29) is 11.9 Å². The van der Waals surface area contributed by atoms with E-state index >= 15 is 0 Å². The number of halogens is 1. The fourth-order valence-corrected chi connectivity index (χ4v) is 4.72. The summed E-state index contributed by atoms with van der Waals surface area (Å²) in [6.45, 7) is 5.12. The lowest BCUT2D eigenvalue weighted by Crippen LogP contribution is -2.23. The fourth-order valence-electron chi connectivity index (χ4n) is 2.50. The molecule has 1 atom stereocenters. The van der Waals surface area contributed by atoms with Gasteiger partial charge in [-0.2, -0.15) is 0 Å². The van der Waals surface area contributed by atoms with Crippen LogP contribution in [-0.4, -0.2) is 6.54 Å². The van der Waals surface area contributed by atoms with Crippen LogP contribution in [0, 0.1) is 12.7 Å². The van der Waals surface area contributed by atoms with Gasteiger partial charge < -0.3 is 5.32 Å². The van der Waals surface area contributed by atoms with Crippen molar-refractivity contribution >= 4 is 32.1 Å². The van der Waals surface area contributed by atoms with Crippen LogP contribution in [0.2, 0.25) is 0 Å². The van der Waals surface area contributed by atoms with Crippen molar-refractivity contribution in [2.45, 2.75) is 26.3 Å². The quantitative estimate of drug-likeness (QED) is 0.655. The lowest BCUT2D eigenvalue weighted by Gasteiger charge is -2.20. The second-order valence-corrected chi connectivity index (χ2v) is 7.25. The Balaban J connectivity index is 2.04. The summed E-state index contributed by atoms with van der Waals surface area (Å²) in [5, 5.41) is 5.69. The molecule has 1 unspecified atom stereocenters. The maximum Gasteiger partial charge on any atom is 0.123 e. The first kappa shape index (κ1) is 14.7. The molecule has 0 saturated carbocycles. The summed E-state index contributed by atoms with van der Waals surface area (Å²) in [4.78, 5) is 1.26. The zero-order chi connectivity index (χ0) is 14.8. The minimum atomic E-state index is -0.169. The SMILES string of the molecule is CCCNC(c1cc2sccc2s1)c1cc(F)ccc1C. The molecule has 2 heterocycles. The monoisotopic (exact) mass is 319 g/mol. The highest BCUT2D eigenvalue weighted by atomic mass is 32.1. The van der Waals surface area contributed by atoms with Gasteiger partial charge in [0, 0.05) is 14.3 Å². The van der Waals surface area contributed by atoms with Crippen LogP contribution in [0.25, 0.3) is 9.40 Å². The van der Waals surface area contributed by atoms with E-state index in [9.17, 15) is 4.39 Å². The van der Waals surface area contributed by atoms with Gasteiger partial charge in [-0.1, -0.05) is 13.0 Å². The average Bonchev–Trinajstić information content (AvgIpc) is 3.04. The van der Waals surface area contributed by atoms with E-state index in [1.165, 1.54) is 20.3 Å². The number of rotatable bonds is 5. The van der Waals surface area contributed by atoms with E-state index < -0.39 is 0 Å². The van der Waals surface area contributed by atoms with E-state index in [4.69, 9.17) is 0 Å². The second-order valence-electron chi connectivity index (χ2n) is 5.19. The van der Waals surface area contributed by atoms with Gasteiger partial charge in [0.05, 0.1) is 6.04 Å². The molecule has 0 bridgehead atoms. The Morgan fingerprint density at radius 3 is 2.81 bits per heavy atom. The maximum atomic E-state index is 13.7. The van der Waals surface area contributed by atoms with Gasteiger partial charge in [0.15, 0.2) is 0 Å². The van der Waals surface area contributed by atoms with Gasteiger partial charge in [-0.25, -0.2) is 4.39 Å². The molecule has 1 aromatic carbocycles. The van der Waals surface area contributed by atoms with Crippen molar-refractivity contribution in [3.8, 4) is 0 Å². The minimum absolute atomic E-state index is 0.0743. The van der Waals surface area contributed by atoms with Crippen molar-refractivity contribution in [3.63, 3.8) is 0 Å². The number of hydrogen-bond donors (Lipinski definition) is 1. The summed E-state index contributed by atoms with van der Waals surface area (Å²) >= 11 is 3.56. The van der Waals surface area contributed by atoms with Crippen LogP contribution in [0.1, 0.15) is 35.4 Å². The molecule has 0 radical (unpaired) electrons. The molecular weight excluding hydrogens is 301 g/mol. The highest BCUT2D eigenvalue weighted by Crippen LogP contribution is 2.36. The number of fused-ring (bicyclic) bond motifs is 1. The lowest BCUT2D eigenvalue weighted by atomic mass is 9.99. The largest absolute Gasteiger partial charge is 0.306 e. The zero-order valence-corrected chi connectivity index (χ0v) is 13.8. The van der Waals surface area contributed by atoms with Crippen LogP contribution in [0.15, 0.2) is 35.7 Å². The van der Waals surface area contributed by atoms with Crippen LogP contribution in [0.4, 0.5) is 4.39 Å². The molecule has 0 aliphatic heterocycles. The van der Waals surface area contributed by atoms with Crippen molar-refractivity contribution in [2.24, 2.45) is 0 Å². The van der Waals surface area contributed by atoms with Gasteiger partial charge >= 0.3 is 0 Å². The predicted octanol–water partition coefficient (Wildman–Crippen LogP) is 5.50. The third-order valence-corrected chi connectivity index (χ3v) is 5.75. The number of aryl methyl sites for hydroxylation is 1. The zero-order valence-electron chi connectivity index (χ0n) is 12.2. The Kier molecular flexibility index (Phi) is 4.38. The Bertz CT molecular complexity index is 716. The molecule has 1 N–H and O–H groups in total. The van der Waals surface area contributed by atoms with E-state index in [2.05, 4.69) is 29.8 Å². The molecule has 0 saturated heterocycles. The predicted molar refractivity (Wildman–Crippen MR) is 91.0 cm³/mol. The number of hydrogen-bond acceptors (Lipinski definition) is 3. The molecule has 110 valence electrons.